The van der Waals surface area contributed by atoms with Crippen molar-refractivity contribution in [3.63, 3.8) is 0 Å². The maximum atomic E-state index is 12.4. The van der Waals surface area contributed by atoms with Gasteiger partial charge in [-0.2, -0.15) is 0 Å². The first kappa shape index (κ1) is 87.8. The molecule has 5 nitrogen and oxygen atoms in total. The van der Waals surface area contributed by atoms with E-state index in [1.807, 2.05) is 0 Å². The summed E-state index contributed by atoms with van der Waals surface area (Å²) in [6.07, 6.45) is 122. The Hall–Kier alpha value is -4.22. The predicted molar refractivity (Wildman–Crippen MR) is 408 cm³/mol. The number of aliphatic hydroxyl groups is 1. The van der Waals surface area contributed by atoms with Crippen LogP contribution in [-0.4, -0.2) is 36.4 Å². The average molecular weight is 1270 g/mol. The Balaban J connectivity index is 3.43. The number of ether oxygens (including phenoxy) is 2. The topological polar surface area (TPSA) is 72.8 Å². The van der Waals surface area contributed by atoms with Gasteiger partial charge >= 0.3 is 11.9 Å². The molecule has 0 heterocycles. The van der Waals surface area contributed by atoms with Gasteiger partial charge in [-0.05, 0) is 116 Å². The van der Waals surface area contributed by atoms with Crippen LogP contribution in [0, 0.1) is 0 Å². The van der Waals surface area contributed by atoms with Crippen LogP contribution >= 0.6 is 0 Å². The van der Waals surface area contributed by atoms with E-state index in [0.717, 1.165) is 116 Å². The van der Waals surface area contributed by atoms with Crippen molar-refractivity contribution < 1.29 is 24.2 Å². The number of hydrogen-bond donors (Lipinski definition) is 1. The number of carbonyl (C=O) groups is 2. The Labute approximate surface area is 571 Å². The molecule has 0 aliphatic rings. The molecule has 0 radical (unpaired) electrons. The molecule has 0 saturated heterocycles. The minimum atomic E-state index is -0.778. The molecule has 92 heavy (non-hydrogen) atoms. The van der Waals surface area contributed by atoms with Crippen LogP contribution in [0.5, 0.6) is 0 Å². The quantitative estimate of drug-likeness (QED) is 0.0373. The molecule has 0 amide bonds. The predicted octanol–water partition coefficient (Wildman–Crippen LogP) is 28.0. The molecule has 0 saturated carbocycles. The molecule has 0 aromatic carbocycles. The first-order chi connectivity index (χ1) is 45.6. The zero-order valence-electron chi connectivity index (χ0n) is 60.5. The number of esters is 2. The number of aliphatic hydroxyl groups excluding tert-OH is 1. The number of unbranched alkanes of at least 4 members (excludes halogenated alkanes) is 40. The van der Waals surface area contributed by atoms with Gasteiger partial charge in [0.2, 0.25) is 0 Å². The molecule has 0 aromatic rings. The zero-order chi connectivity index (χ0) is 66.1. The summed E-state index contributed by atoms with van der Waals surface area (Å²) in [6.45, 7) is 3.95. The monoisotopic (exact) mass is 1270 g/mol. The third kappa shape index (κ3) is 78.2. The average Bonchev–Trinajstić information content (AvgIpc) is 3.64. The molecule has 0 aromatic heterocycles. The summed E-state index contributed by atoms with van der Waals surface area (Å²) in [5.74, 6) is -0.576. The maximum absolute atomic E-state index is 12.4. The molecule has 0 bridgehead atoms. The maximum Gasteiger partial charge on any atom is 0.306 e. The molecule has 1 N–H and O–H groups in total. The third-order valence-corrected chi connectivity index (χ3v) is 17.1. The van der Waals surface area contributed by atoms with Gasteiger partial charge in [-0.15, -0.1) is 0 Å². The molecule has 0 spiro atoms. The minimum Gasteiger partial charge on any atom is -0.462 e. The van der Waals surface area contributed by atoms with E-state index in [4.69, 9.17) is 9.47 Å². The normalized spacial score (nSPS) is 13.0. The van der Waals surface area contributed by atoms with Crippen molar-refractivity contribution >= 4 is 11.9 Å². The Morgan fingerprint density at radius 2 is 0.435 bits per heavy atom. The van der Waals surface area contributed by atoms with E-state index >= 15 is 0 Å². The van der Waals surface area contributed by atoms with E-state index in [-0.39, 0.29) is 25.2 Å². The van der Waals surface area contributed by atoms with E-state index in [0.29, 0.717) is 12.8 Å². The molecular formula is C87H148O5. The van der Waals surface area contributed by atoms with E-state index in [9.17, 15) is 14.7 Å². The van der Waals surface area contributed by atoms with Gasteiger partial charge in [-0.25, -0.2) is 0 Å². The SMILES string of the molecule is CC/C=C\C/C=C\C/C=C\C/C=C\C/C=C\C/C=C\CCCCCCCCCCCCCCCCCCCCCCCCC(=O)OC(CO)COC(=O)CCCCCCCCCCCCCCCCCCCC/C=C\C/C=C\C/C=C\C/C=C\C/C=C\C/C=C\CC. The van der Waals surface area contributed by atoms with Gasteiger partial charge in [0.25, 0.3) is 0 Å². The lowest BCUT2D eigenvalue weighted by atomic mass is 10.0. The van der Waals surface area contributed by atoms with Crippen LogP contribution in [0.1, 0.15) is 373 Å². The van der Waals surface area contributed by atoms with Crippen molar-refractivity contribution in [1.29, 1.82) is 0 Å². The molecule has 0 aliphatic heterocycles. The molecule has 0 fully saturated rings. The van der Waals surface area contributed by atoms with Crippen LogP contribution < -0.4 is 0 Å². The van der Waals surface area contributed by atoms with E-state index in [1.165, 1.54) is 231 Å². The summed E-state index contributed by atoms with van der Waals surface area (Å²) >= 11 is 0. The fraction of sp³-hybridized carbons (Fsp3) is 0.701. The highest BCUT2D eigenvalue weighted by Gasteiger charge is 2.16. The highest BCUT2D eigenvalue weighted by atomic mass is 16.6. The van der Waals surface area contributed by atoms with Crippen LogP contribution in [-0.2, 0) is 19.1 Å². The van der Waals surface area contributed by atoms with E-state index in [2.05, 4.69) is 160 Å². The Kier molecular flexibility index (Phi) is 77.3. The standard InChI is InChI=1S/C87H148O5/c1-3-5-7-9-11-13-15-17-19-21-23-25-27-29-31-33-35-37-39-41-42-43-44-46-48-50-52-54-56-58-60-62-64-66-68-70-72-74-76-78-80-82-87(90)92-85(83-88)84-91-86(89)81-79-77-75-73-71-69-67-65-63-61-59-57-55-53-51-49-47-45-40-38-36-34-32-30-28-26-24-22-20-18-16-14-12-10-8-6-4-2/h5-8,11-14,17-20,23-26,29-32,35-38,85,88H,3-4,9-10,15-16,21-22,27-28,33-34,39-84H2,1-2H3/b7-5-,8-6-,13-11-,14-12-,19-17-,20-18-,25-23-,26-24-,31-29-,32-30-,37-35-,38-36-. The number of allylic oxidation sites excluding steroid dienone is 24. The lowest BCUT2D eigenvalue weighted by Crippen LogP contribution is -2.28. The third-order valence-electron chi connectivity index (χ3n) is 17.1. The van der Waals surface area contributed by atoms with Gasteiger partial charge in [0.15, 0.2) is 6.10 Å². The van der Waals surface area contributed by atoms with Crippen molar-refractivity contribution in [2.24, 2.45) is 0 Å². The number of carbonyl (C=O) groups excluding carboxylic acids is 2. The van der Waals surface area contributed by atoms with E-state index < -0.39 is 6.10 Å². The Morgan fingerprint density at radius 3 is 0.652 bits per heavy atom. The van der Waals surface area contributed by atoms with Gasteiger partial charge in [0.05, 0.1) is 6.61 Å². The van der Waals surface area contributed by atoms with Gasteiger partial charge in [0.1, 0.15) is 6.61 Å². The number of rotatable bonds is 72. The lowest BCUT2D eigenvalue weighted by molar-refractivity contribution is -0.161. The first-order valence-electron chi connectivity index (χ1n) is 39.4. The van der Waals surface area contributed by atoms with Crippen molar-refractivity contribution in [2.45, 2.75) is 380 Å². The van der Waals surface area contributed by atoms with Crippen LogP contribution in [0.3, 0.4) is 0 Å². The van der Waals surface area contributed by atoms with Crippen LogP contribution in [0.15, 0.2) is 146 Å². The van der Waals surface area contributed by atoms with Gasteiger partial charge in [0, 0.05) is 12.8 Å². The lowest BCUT2D eigenvalue weighted by Gasteiger charge is -2.15. The second-order valence-electron chi connectivity index (χ2n) is 26.0. The highest BCUT2D eigenvalue weighted by Crippen LogP contribution is 2.19. The molecule has 1 atom stereocenters. The first-order valence-corrected chi connectivity index (χ1v) is 39.4. The summed E-state index contributed by atoms with van der Waals surface area (Å²) < 4.78 is 10.8. The summed E-state index contributed by atoms with van der Waals surface area (Å²) in [7, 11) is 0. The number of hydrogen-bond acceptors (Lipinski definition) is 5. The van der Waals surface area contributed by atoms with E-state index in [1.54, 1.807) is 0 Å². The van der Waals surface area contributed by atoms with Crippen molar-refractivity contribution in [3.05, 3.63) is 146 Å². The van der Waals surface area contributed by atoms with Gasteiger partial charge < -0.3 is 14.6 Å². The summed E-state index contributed by atoms with van der Waals surface area (Å²) in [4.78, 5) is 24.7. The molecule has 526 valence electrons. The van der Waals surface area contributed by atoms with Crippen LogP contribution in [0.25, 0.3) is 0 Å². The molecule has 5 heteroatoms. The molecule has 0 aliphatic carbocycles. The van der Waals surface area contributed by atoms with Crippen molar-refractivity contribution in [2.75, 3.05) is 13.2 Å². The summed E-state index contributed by atoms with van der Waals surface area (Å²) in [5, 5.41) is 9.73. The second kappa shape index (κ2) is 81.0. The fourth-order valence-electron chi connectivity index (χ4n) is 11.3. The highest BCUT2D eigenvalue weighted by molar-refractivity contribution is 5.70. The molecule has 1 unspecified atom stereocenters. The largest absolute Gasteiger partial charge is 0.462 e. The Morgan fingerprint density at radius 1 is 0.250 bits per heavy atom. The minimum absolute atomic E-state index is 0.0660. The summed E-state index contributed by atoms with van der Waals surface area (Å²) in [6, 6.07) is 0. The van der Waals surface area contributed by atoms with Gasteiger partial charge in [-0.1, -0.05) is 391 Å². The smallest absolute Gasteiger partial charge is 0.306 e. The van der Waals surface area contributed by atoms with Gasteiger partial charge in [-0.3, -0.25) is 9.59 Å². The summed E-state index contributed by atoms with van der Waals surface area (Å²) in [5.41, 5.74) is 0. The fourth-order valence-corrected chi connectivity index (χ4v) is 11.3. The molecule has 0 rings (SSSR count). The molecular weight excluding hydrogens is 1120 g/mol. The van der Waals surface area contributed by atoms with Crippen LogP contribution in [0.2, 0.25) is 0 Å². The zero-order valence-corrected chi connectivity index (χ0v) is 60.5. The van der Waals surface area contributed by atoms with Crippen molar-refractivity contribution in [1.82, 2.24) is 0 Å². The Bertz CT molecular complexity index is 1880. The van der Waals surface area contributed by atoms with Crippen LogP contribution in [0.4, 0.5) is 0 Å². The van der Waals surface area contributed by atoms with Crippen molar-refractivity contribution in [3.8, 4) is 0 Å². The second-order valence-corrected chi connectivity index (χ2v) is 26.0.